The lowest BCUT2D eigenvalue weighted by atomic mass is 10.2. The fourth-order valence-electron chi connectivity index (χ4n) is 3.22. The summed E-state index contributed by atoms with van der Waals surface area (Å²) in [5, 5.41) is 0. The number of nitrogens with zero attached hydrogens (tertiary/aromatic N) is 4. The van der Waals surface area contributed by atoms with Gasteiger partial charge < -0.3 is 14.8 Å². The van der Waals surface area contributed by atoms with Gasteiger partial charge in [-0.15, -0.1) is 0 Å². The number of aromatic nitrogens is 3. The van der Waals surface area contributed by atoms with E-state index in [2.05, 4.69) is 19.9 Å². The maximum absolute atomic E-state index is 12.6. The van der Waals surface area contributed by atoms with Crippen molar-refractivity contribution in [1.82, 2.24) is 24.8 Å². The van der Waals surface area contributed by atoms with Gasteiger partial charge in [0.2, 0.25) is 5.95 Å². The van der Waals surface area contributed by atoms with Crippen molar-refractivity contribution < 1.29 is 4.79 Å². The Morgan fingerprint density at radius 2 is 2.11 bits per heavy atom. The minimum absolute atomic E-state index is 0.139. The number of pyridine rings is 1. The Hall–Kier alpha value is -2.94. The van der Waals surface area contributed by atoms with E-state index >= 15 is 0 Å². The van der Waals surface area contributed by atoms with Crippen LogP contribution in [0.4, 0.5) is 5.95 Å². The van der Waals surface area contributed by atoms with Crippen LogP contribution < -0.4 is 16.0 Å². The number of carbonyl (C=O) groups excluding carboxylic acids is 1. The summed E-state index contributed by atoms with van der Waals surface area (Å²) >= 11 is 0. The van der Waals surface area contributed by atoms with Crippen LogP contribution in [0, 0.1) is 0 Å². The number of H-pyrrole nitrogens is 2. The van der Waals surface area contributed by atoms with Gasteiger partial charge in [0.1, 0.15) is 5.56 Å². The van der Waals surface area contributed by atoms with E-state index in [4.69, 9.17) is 0 Å². The highest BCUT2D eigenvalue weighted by Gasteiger charge is 2.30. The summed E-state index contributed by atoms with van der Waals surface area (Å²) in [5.74, 6) is 0.259. The molecule has 9 heteroatoms. The Morgan fingerprint density at radius 1 is 1.33 bits per heavy atom. The van der Waals surface area contributed by atoms with Crippen molar-refractivity contribution in [3.8, 4) is 0 Å². The molecule has 0 bridgehead atoms. The Bertz CT molecular complexity index is 935. The van der Waals surface area contributed by atoms with E-state index < -0.39 is 0 Å². The zero-order valence-electron chi connectivity index (χ0n) is 15.7. The molecule has 3 heterocycles. The van der Waals surface area contributed by atoms with Gasteiger partial charge in [-0.2, -0.15) is 0 Å². The highest BCUT2D eigenvalue weighted by Crippen LogP contribution is 2.18. The first kappa shape index (κ1) is 18.8. The van der Waals surface area contributed by atoms with Gasteiger partial charge in [0.05, 0.1) is 5.69 Å². The predicted octanol–water partition coefficient (Wildman–Crippen LogP) is -0.129. The lowest BCUT2D eigenvalue weighted by molar-refractivity contribution is 0.0777. The van der Waals surface area contributed by atoms with Gasteiger partial charge in [0, 0.05) is 52.0 Å². The normalized spacial score (nSPS) is 16.7. The molecule has 144 valence electrons. The number of hydrogen-bond donors (Lipinski definition) is 2. The molecule has 0 aliphatic carbocycles. The Balaban J connectivity index is 1.67. The number of carbonyl (C=O) groups is 1. The van der Waals surface area contributed by atoms with Crippen molar-refractivity contribution in [3.05, 3.63) is 56.4 Å². The lowest BCUT2D eigenvalue weighted by Gasteiger charge is -2.24. The number of anilines is 1. The maximum Gasteiger partial charge on any atom is 0.260 e. The second-order valence-electron chi connectivity index (χ2n) is 6.98. The van der Waals surface area contributed by atoms with Gasteiger partial charge >= 0.3 is 0 Å². The Morgan fingerprint density at radius 3 is 2.81 bits per heavy atom. The third kappa shape index (κ3) is 4.25. The van der Waals surface area contributed by atoms with Gasteiger partial charge in [0.15, 0.2) is 0 Å². The van der Waals surface area contributed by atoms with Crippen molar-refractivity contribution in [1.29, 1.82) is 0 Å². The van der Waals surface area contributed by atoms with Crippen LogP contribution >= 0.6 is 0 Å². The van der Waals surface area contributed by atoms with Gasteiger partial charge in [-0.3, -0.25) is 24.3 Å². The molecule has 27 heavy (non-hydrogen) atoms. The number of nitrogens with one attached hydrogen (secondary N) is 2. The van der Waals surface area contributed by atoms with E-state index in [1.54, 1.807) is 21.9 Å². The van der Waals surface area contributed by atoms with Crippen molar-refractivity contribution in [2.75, 3.05) is 39.1 Å². The summed E-state index contributed by atoms with van der Waals surface area (Å²) in [6.45, 7) is 1.63. The SMILES string of the molecule is CN(C)c1nc(CN(C)[C@@H]2CCN(C(=O)c3ccc[nH]c3=O)C2)cc(=O)[nH]1. The van der Waals surface area contributed by atoms with Gasteiger partial charge in [-0.1, -0.05) is 0 Å². The van der Waals surface area contributed by atoms with Crippen LogP contribution in [0.15, 0.2) is 34.0 Å². The third-order valence-corrected chi connectivity index (χ3v) is 4.74. The number of likely N-dealkylation sites (N-methyl/N-ethyl adjacent to an activating group) is 1. The predicted molar refractivity (Wildman–Crippen MR) is 102 cm³/mol. The first-order valence-corrected chi connectivity index (χ1v) is 8.80. The average molecular weight is 372 g/mol. The number of aromatic amines is 2. The highest BCUT2D eigenvalue weighted by molar-refractivity contribution is 5.94. The molecule has 0 aromatic carbocycles. The fraction of sp³-hybridized carbons (Fsp3) is 0.444. The summed E-state index contributed by atoms with van der Waals surface area (Å²) in [4.78, 5) is 51.5. The van der Waals surface area contributed by atoms with Crippen molar-refractivity contribution in [2.45, 2.75) is 19.0 Å². The number of rotatable bonds is 5. The van der Waals surface area contributed by atoms with Crippen LogP contribution in [0.1, 0.15) is 22.5 Å². The minimum atomic E-state index is -0.372. The third-order valence-electron chi connectivity index (χ3n) is 4.74. The zero-order chi connectivity index (χ0) is 19.6. The largest absolute Gasteiger partial charge is 0.348 e. The van der Waals surface area contributed by atoms with Crippen LogP contribution in [-0.2, 0) is 6.54 Å². The Labute approximate surface area is 156 Å². The minimum Gasteiger partial charge on any atom is -0.348 e. The molecular weight excluding hydrogens is 348 g/mol. The molecule has 0 radical (unpaired) electrons. The molecule has 1 amide bonds. The Kier molecular flexibility index (Phi) is 5.41. The number of amides is 1. The molecule has 1 aliphatic heterocycles. The lowest BCUT2D eigenvalue weighted by Crippen LogP contribution is -2.38. The fourth-order valence-corrected chi connectivity index (χ4v) is 3.22. The second kappa shape index (κ2) is 7.75. The van der Waals surface area contributed by atoms with Crippen LogP contribution in [0.3, 0.4) is 0 Å². The van der Waals surface area contributed by atoms with E-state index in [9.17, 15) is 14.4 Å². The quantitative estimate of drug-likeness (QED) is 0.758. The molecule has 1 aliphatic rings. The summed E-state index contributed by atoms with van der Waals surface area (Å²) in [7, 11) is 5.58. The summed E-state index contributed by atoms with van der Waals surface area (Å²) in [6.07, 6.45) is 2.31. The molecule has 2 aromatic heterocycles. The molecule has 1 fully saturated rings. The van der Waals surface area contributed by atoms with E-state index in [1.807, 2.05) is 21.1 Å². The molecular formula is C18H24N6O3. The van der Waals surface area contributed by atoms with Gasteiger partial charge in [-0.25, -0.2) is 4.98 Å². The van der Waals surface area contributed by atoms with Crippen molar-refractivity contribution in [2.24, 2.45) is 0 Å². The van der Waals surface area contributed by atoms with Gasteiger partial charge in [-0.05, 0) is 25.6 Å². The van der Waals surface area contributed by atoms with Crippen molar-refractivity contribution >= 4 is 11.9 Å². The molecule has 1 atom stereocenters. The van der Waals surface area contributed by atoms with Crippen LogP contribution in [0.25, 0.3) is 0 Å². The van der Waals surface area contributed by atoms with E-state index in [-0.39, 0.29) is 28.6 Å². The average Bonchev–Trinajstić information content (AvgIpc) is 3.11. The first-order valence-electron chi connectivity index (χ1n) is 8.80. The van der Waals surface area contributed by atoms with E-state index in [1.165, 1.54) is 12.3 Å². The zero-order valence-corrected chi connectivity index (χ0v) is 15.7. The first-order chi connectivity index (χ1) is 12.8. The summed E-state index contributed by atoms with van der Waals surface area (Å²) < 4.78 is 0. The highest BCUT2D eigenvalue weighted by atomic mass is 16.2. The second-order valence-corrected chi connectivity index (χ2v) is 6.98. The topological polar surface area (TPSA) is 105 Å². The van der Waals surface area contributed by atoms with E-state index in [0.717, 1.165) is 6.42 Å². The molecule has 1 saturated heterocycles. The van der Waals surface area contributed by atoms with Crippen LogP contribution in [-0.4, -0.2) is 70.9 Å². The molecule has 3 rings (SSSR count). The van der Waals surface area contributed by atoms with Crippen molar-refractivity contribution in [3.63, 3.8) is 0 Å². The monoisotopic (exact) mass is 372 g/mol. The van der Waals surface area contributed by atoms with E-state index in [0.29, 0.717) is 31.3 Å². The number of likely N-dealkylation sites (tertiary alicyclic amines) is 1. The summed E-state index contributed by atoms with van der Waals surface area (Å²) in [5.41, 5.74) is 0.272. The summed E-state index contributed by atoms with van der Waals surface area (Å²) in [6, 6.07) is 4.82. The maximum atomic E-state index is 12.6. The molecule has 2 N–H and O–H groups in total. The molecule has 0 saturated carbocycles. The molecule has 2 aromatic rings. The molecule has 9 nitrogen and oxygen atoms in total. The van der Waals surface area contributed by atoms with Crippen LogP contribution in [0.5, 0.6) is 0 Å². The smallest absolute Gasteiger partial charge is 0.260 e. The molecule has 0 spiro atoms. The standard InChI is InChI=1S/C18H24N6O3/c1-22(2)18-20-12(9-15(25)21-18)10-23(3)13-6-8-24(11-13)17(27)14-5-4-7-19-16(14)26/h4-5,7,9,13H,6,8,10-11H2,1-3H3,(H,19,26)(H,20,21,25)/t13-/m1/s1. The van der Waals surface area contributed by atoms with Gasteiger partial charge in [0.25, 0.3) is 17.0 Å². The van der Waals surface area contributed by atoms with Crippen LogP contribution in [0.2, 0.25) is 0 Å². The molecule has 0 unspecified atom stereocenters. The number of hydrogen-bond acceptors (Lipinski definition) is 6.